The van der Waals surface area contributed by atoms with Gasteiger partial charge in [-0.05, 0) is 225 Å². The van der Waals surface area contributed by atoms with Crippen LogP contribution in [0.4, 0.5) is 5.69 Å². The summed E-state index contributed by atoms with van der Waals surface area (Å²) < 4.78 is 16.6. The van der Waals surface area contributed by atoms with E-state index in [2.05, 4.69) is 337 Å². The number of aryl methyl sites for hydroxylation is 7. The Morgan fingerprint density at radius 3 is 0.836 bits per heavy atom. The summed E-state index contributed by atoms with van der Waals surface area (Å²) in [6.45, 7) is 20.6. The quantitative estimate of drug-likeness (QED) is 0.0170. The number of hydrogen-bond donors (Lipinski definition) is 9. The average molecular weight is 1870 g/mol. The van der Waals surface area contributed by atoms with Crippen LogP contribution in [0.3, 0.4) is 0 Å². The first-order valence-electron chi connectivity index (χ1n) is 48.6. The van der Waals surface area contributed by atoms with Gasteiger partial charge in [0.2, 0.25) is 28.4 Å². The van der Waals surface area contributed by atoms with Crippen molar-refractivity contribution in [3.63, 3.8) is 0 Å². The van der Waals surface area contributed by atoms with Gasteiger partial charge in [0, 0.05) is 49.6 Å². The van der Waals surface area contributed by atoms with E-state index in [9.17, 15) is 56.1 Å². The molecule has 4 heterocycles. The topological polar surface area (TPSA) is 302 Å². The second kappa shape index (κ2) is 47.4. The van der Waals surface area contributed by atoms with E-state index in [1.807, 2.05) is 95.6 Å². The van der Waals surface area contributed by atoms with Gasteiger partial charge in [-0.15, -0.1) is 0 Å². The van der Waals surface area contributed by atoms with Crippen LogP contribution in [0.25, 0.3) is 44.1 Å². The smallest absolute Gasteiger partial charge is 0.224 e. The van der Waals surface area contributed by atoms with Gasteiger partial charge in [0.25, 0.3) is 0 Å². The van der Waals surface area contributed by atoms with Crippen molar-refractivity contribution in [3.05, 3.63) is 433 Å². The summed E-state index contributed by atoms with van der Waals surface area (Å²) in [6, 6.07) is 109. The van der Waals surface area contributed by atoms with E-state index in [1.165, 1.54) is 55.6 Å². The minimum atomic E-state index is -0.443. The fraction of sp³-hybridized carbons (Fsp3) is 0.277. The SMILES string of the molecule is Cc1ccc(C[C@@H](CCC(=O)CO)n2c(=N)n(C(C)c3ccc(C)cc3)c3ccccc32)cc1.Cc1ccc(C[C@@H](CCC(=O)CO)n2c(=N)n([C@@H](C)c3ccc(C)cc3)c3ccccc32)cc1.Cc1ccc(C[C@@H](CCC(=O)CO)n2c(=N)n([C@H](C)c3ccc(C)cc3)c3ccccc32)cc1.Cc1ccc(Cn2c(=N)n(C(CNC(=O)Cc3ccc(N)cc3)Cc3ccccc3)c3ccccc32)cc1. The molecule has 21 heteroatoms. The van der Waals surface area contributed by atoms with E-state index < -0.39 is 19.8 Å². The molecule has 0 spiro atoms. The van der Waals surface area contributed by atoms with Crippen molar-refractivity contribution in [2.75, 3.05) is 32.1 Å². The molecule has 10 N–H and O–H groups in total. The molecule has 21 nitrogen and oxygen atoms in total. The average Bonchev–Trinajstić information content (AvgIpc) is 1.61. The second-order valence-corrected chi connectivity index (χ2v) is 37.5. The first-order chi connectivity index (χ1) is 67.6. The van der Waals surface area contributed by atoms with Crippen LogP contribution in [-0.2, 0) is 57.8 Å². The van der Waals surface area contributed by atoms with Crippen molar-refractivity contribution < 1.29 is 34.5 Å². The summed E-state index contributed by atoms with van der Waals surface area (Å²) in [7, 11) is 0. The molecule has 0 fully saturated rings. The molecular formula is C119H132N14O7. The number of fused-ring (bicyclic) bond motifs is 4. The number of imidazole rings is 4. The Kier molecular flexibility index (Phi) is 34.2. The summed E-state index contributed by atoms with van der Waals surface area (Å²) in [4.78, 5) is 48.9. The van der Waals surface area contributed by atoms with Gasteiger partial charge in [0.05, 0.1) is 81.3 Å². The Morgan fingerprint density at radius 2 is 0.529 bits per heavy atom. The van der Waals surface area contributed by atoms with E-state index in [4.69, 9.17) is 5.73 Å². The number of anilines is 1. The molecule has 0 bridgehead atoms. The largest absolute Gasteiger partial charge is 0.399 e. The Labute approximate surface area is 819 Å². The summed E-state index contributed by atoms with van der Waals surface area (Å²) in [5, 5.41) is 68.0. The first kappa shape index (κ1) is 101. The molecule has 720 valence electrons. The molecule has 0 aliphatic rings. The molecule has 0 aliphatic carbocycles. The third-order valence-electron chi connectivity index (χ3n) is 27.0. The Bertz CT molecular complexity index is 6830. The fourth-order valence-corrected chi connectivity index (χ4v) is 19.0. The first-order valence-corrected chi connectivity index (χ1v) is 48.6. The molecular weight excluding hydrogens is 1740 g/mol. The molecule has 0 saturated carbocycles. The zero-order chi connectivity index (χ0) is 99.2. The summed E-state index contributed by atoms with van der Waals surface area (Å²) in [6.07, 6.45) is 5.66. The predicted octanol–water partition coefficient (Wildman–Crippen LogP) is 20.8. The van der Waals surface area contributed by atoms with Gasteiger partial charge in [-0.1, -0.05) is 300 Å². The Hall–Kier alpha value is -14.9. The maximum Gasteiger partial charge on any atom is 0.224 e. The van der Waals surface area contributed by atoms with Crippen LogP contribution in [0, 0.1) is 70.1 Å². The monoisotopic (exact) mass is 1870 g/mol. The highest BCUT2D eigenvalue weighted by molar-refractivity contribution is 5.83. The molecule has 140 heavy (non-hydrogen) atoms. The van der Waals surface area contributed by atoms with Crippen molar-refractivity contribution in [1.82, 2.24) is 41.9 Å². The summed E-state index contributed by atoms with van der Waals surface area (Å²) in [5.41, 5.74) is 34.7. The lowest BCUT2D eigenvalue weighted by Crippen LogP contribution is -2.37. The van der Waals surface area contributed by atoms with Gasteiger partial charge in [-0.3, -0.25) is 40.8 Å². The van der Waals surface area contributed by atoms with Crippen LogP contribution in [0.15, 0.2) is 322 Å². The number of hydrogen-bond acceptors (Lipinski definition) is 12. The molecule has 4 aromatic heterocycles. The van der Waals surface area contributed by atoms with Crippen molar-refractivity contribution in [2.24, 2.45) is 0 Å². The van der Waals surface area contributed by atoms with Gasteiger partial charge in [0.1, 0.15) is 19.8 Å². The van der Waals surface area contributed by atoms with E-state index >= 15 is 0 Å². The van der Waals surface area contributed by atoms with Gasteiger partial charge < -0.3 is 62.9 Å². The number of nitrogens with two attached hydrogens (primary N) is 1. The number of amides is 1. The molecule has 7 atom stereocenters. The number of benzene rings is 13. The molecule has 17 aromatic rings. The standard InChI is InChI=1S/C32H33N5O.3C29H33N3O2/c1-23-11-13-26(14-12-23)22-36-29-9-5-6-10-30(29)37(32(36)34)28(19-24-7-3-2-4-8-24)21-35-31(38)20-25-15-17-27(33)18-16-25;3*1-20-8-12-23(13-9-20)18-25(16-17-26(34)19-33)32-28-7-5-4-6-27(28)31(29(32)30)22(3)24-14-10-21(2)11-15-24/h2-18,28,34H,19-22,33H2,1H3,(H,35,38);3*4-15,22,25,30,33H,16-19H2,1-3H3/t;22?,25-;22-,25+;22-,25-/m.101/s1. The Balaban J connectivity index is 0.000000149. The van der Waals surface area contributed by atoms with Crippen molar-refractivity contribution >= 4 is 73.1 Å². The molecule has 2 unspecified atom stereocenters. The predicted molar refractivity (Wildman–Crippen MR) is 561 cm³/mol. The van der Waals surface area contributed by atoms with Crippen molar-refractivity contribution in [1.29, 1.82) is 21.6 Å². The van der Waals surface area contributed by atoms with Crippen LogP contribution >= 0.6 is 0 Å². The van der Waals surface area contributed by atoms with Crippen LogP contribution in [-0.4, -0.2) is 101 Å². The number of rotatable bonds is 36. The summed E-state index contributed by atoms with van der Waals surface area (Å²) in [5.74, 6) is -0.559. The zero-order valence-corrected chi connectivity index (χ0v) is 82.1. The number of carbonyl (C=O) groups excluding carboxylic acids is 4. The van der Waals surface area contributed by atoms with Crippen LogP contribution in [0.2, 0.25) is 0 Å². The number of aromatic nitrogens is 8. The molecule has 1 amide bonds. The number of aliphatic hydroxyl groups is 3. The van der Waals surface area contributed by atoms with Gasteiger partial charge in [-0.25, -0.2) is 0 Å². The number of aliphatic hydroxyl groups excluding tert-OH is 3. The Morgan fingerprint density at radius 1 is 0.286 bits per heavy atom. The number of Topliss-reactive ketones (excluding diaryl/α,β-unsaturated/α-hetero) is 3. The maximum absolute atomic E-state index is 12.9. The van der Waals surface area contributed by atoms with Crippen molar-refractivity contribution in [2.45, 2.75) is 189 Å². The van der Waals surface area contributed by atoms with E-state index in [1.54, 1.807) is 0 Å². The normalized spacial score (nSPS) is 12.8. The lowest BCUT2D eigenvalue weighted by molar-refractivity contribution is -0.122. The highest BCUT2D eigenvalue weighted by Gasteiger charge is 2.29. The van der Waals surface area contributed by atoms with Crippen LogP contribution in [0.5, 0.6) is 0 Å². The number of nitrogen functional groups attached to an aromatic ring is 1. The molecule has 0 saturated heterocycles. The van der Waals surface area contributed by atoms with E-state index in [0.29, 0.717) is 86.2 Å². The minimum absolute atomic E-state index is 0.0154. The molecule has 0 radical (unpaired) electrons. The third kappa shape index (κ3) is 25.0. The van der Waals surface area contributed by atoms with Gasteiger partial charge in [0.15, 0.2) is 17.3 Å². The minimum Gasteiger partial charge on any atom is -0.399 e. The highest BCUT2D eigenvalue weighted by Crippen LogP contribution is 2.34. The zero-order valence-electron chi connectivity index (χ0n) is 82.1. The molecule has 0 aliphatic heterocycles. The number of nitrogens with zero attached hydrogens (tertiary/aromatic N) is 8. The third-order valence-corrected chi connectivity index (χ3v) is 27.0. The number of carbonyl (C=O) groups is 4. The molecule has 13 aromatic carbocycles. The van der Waals surface area contributed by atoms with Gasteiger partial charge in [-0.2, -0.15) is 0 Å². The maximum atomic E-state index is 12.9. The molecule has 17 rings (SSSR count). The second-order valence-electron chi connectivity index (χ2n) is 37.5. The highest BCUT2D eigenvalue weighted by atomic mass is 16.3. The van der Waals surface area contributed by atoms with Crippen molar-refractivity contribution in [3.8, 4) is 0 Å². The number of ketones is 3. The van der Waals surface area contributed by atoms with Crippen LogP contribution < -0.4 is 33.5 Å². The van der Waals surface area contributed by atoms with E-state index in [-0.39, 0.29) is 91.2 Å². The van der Waals surface area contributed by atoms with Crippen LogP contribution in [0.1, 0.15) is 191 Å². The lowest BCUT2D eigenvalue weighted by Gasteiger charge is -2.21. The van der Waals surface area contributed by atoms with Gasteiger partial charge >= 0.3 is 0 Å². The fourth-order valence-electron chi connectivity index (χ4n) is 19.0. The lowest BCUT2D eigenvalue weighted by atomic mass is 9.99. The number of nitrogens with one attached hydrogen (secondary N) is 5. The van der Waals surface area contributed by atoms with E-state index in [0.717, 1.165) is 77.5 Å². The number of para-hydroxylation sites is 8. The summed E-state index contributed by atoms with van der Waals surface area (Å²) >= 11 is 0.